The van der Waals surface area contributed by atoms with Crippen molar-refractivity contribution in [1.29, 1.82) is 0 Å². The summed E-state index contributed by atoms with van der Waals surface area (Å²) in [5.41, 5.74) is 1.70. The molecule has 1 rings (SSSR count). The van der Waals surface area contributed by atoms with Gasteiger partial charge < -0.3 is 20.9 Å². The second-order valence-electron chi connectivity index (χ2n) is 5.00. The van der Waals surface area contributed by atoms with Gasteiger partial charge in [-0.15, -0.1) is 0 Å². The minimum atomic E-state index is -0.300. The van der Waals surface area contributed by atoms with Gasteiger partial charge in [-0.3, -0.25) is 14.4 Å². The van der Waals surface area contributed by atoms with Crippen LogP contribution < -0.4 is 20.9 Å². The fourth-order valence-electron chi connectivity index (χ4n) is 1.67. The molecule has 0 saturated carbocycles. The summed E-state index contributed by atoms with van der Waals surface area (Å²) in [7, 11) is 3.87. The first kappa shape index (κ1) is 17.5. The predicted molar refractivity (Wildman–Crippen MR) is 85.7 cm³/mol. The average molecular weight is 306 g/mol. The van der Waals surface area contributed by atoms with Crippen molar-refractivity contribution in [2.45, 2.75) is 13.3 Å². The van der Waals surface area contributed by atoms with Gasteiger partial charge >= 0.3 is 0 Å². The third-order valence-corrected chi connectivity index (χ3v) is 2.84. The molecule has 3 amide bonds. The van der Waals surface area contributed by atoms with Crippen LogP contribution in [-0.4, -0.2) is 44.9 Å². The molecule has 0 saturated heterocycles. The van der Waals surface area contributed by atoms with Crippen LogP contribution >= 0.6 is 0 Å². The zero-order valence-electron chi connectivity index (χ0n) is 13.1. The number of carbonyl (C=O) groups is 3. The lowest BCUT2D eigenvalue weighted by molar-refractivity contribution is -0.124. The lowest BCUT2D eigenvalue weighted by Crippen LogP contribution is -2.35. The molecule has 0 fully saturated rings. The lowest BCUT2D eigenvalue weighted by atomic mass is 10.2. The van der Waals surface area contributed by atoms with Crippen LogP contribution in [0.1, 0.15) is 13.3 Å². The molecule has 0 aliphatic rings. The van der Waals surface area contributed by atoms with Crippen LogP contribution in [0.5, 0.6) is 0 Å². The first-order chi connectivity index (χ1) is 10.4. The Balaban J connectivity index is 2.31. The summed E-state index contributed by atoms with van der Waals surface area (Å²) in [6, 6.07) is 7.38. The van der Waals surface area contributed by atoms with Crippen LogP contribution in [0, 0.1) is 0 Å². The summed E-state index contributed by atoms with van der Waals surface area (Å²) in [6.07, 6.45) is 0.143. The van der Waals surface area contributed by atoms with Gasteiger partial charge in [0.1, 0.15) is 0 Å². The molecule has 0 aromatic heterocycles. The molecular weight excluding hydrogens is 284 g/mol. The minimum absolute atomic E-state index is 0.103. The third kappa shape index (κ3) is 6.74. The summed E-state index contributed by atoms with van der Waals surface area (Å²) in [4.78, 5) is 35.8. The minimum Gasteiger partial charge on any atom is -0.378 e. The Labute approximate surface area is 130 Å². The van der Waals surface area contributed by atoms with Gasteiger partial charge in [0.05, 0.1) is 6.54 Å². The number of hydrogen-bond donors (Lipinski definition) is 3. The highest BCUT2D eigenvalue weighted by Crippen LogP contribution is 2.15. The molecule has 0 bridgehead atoms. The smallest absolute Gasteiger partial charge is 0.243 e. The summed E-state index contributed by atoms with van der Waals surface area (Å²) in [5, 5.41) is 7.71. The summed E-state index contributed by atoms with van der Waals surface area (Å²) in [5.74, 6) is -0.774. The fraction of sp³-hybridized carbons (Fsp3) is 0.400. The van der Waals surface area contributed by atoms with E-state index in [2.05, 4.69) is 16.0 Å². The summed E-state index contributed by atoms with van der Waals surface area (Å²) >= 11 is 0. The fourth-order valence-corrected chi connectivity index (χ4v) is 1.67. The van der Waals surface area contributed by atoms with Crippen LogP contribution in [-0.2, 0) is 14.4 Å². The van der Waals surface area contributed by atoms with E-state index in [1.165, 1.54) is 6.92 Å². The molecule has 1 aromatic rings. The van der Waals surface area contributed by atoms with E-state index in [-0.39, 0.29) is 37.2 Å². The average Bonchev–Trinajstić information content (AvgIpc) is 2.45. The Morgan fingerprint density at radius 3 is 2.18 bits per heavy atom. The van der Waals surface area contributed by atoms with E-state index in [0.717, 1.165) is 5.69 Å². The van der Waals surface area contributed by atoms with Crippen LogP contribution in [0.4, 0.5) is 11.4 Å². The van der Waals surface area contributed by atoms with Crippen molar-refractivity contribution in [2.75, 3.05) is 37.4 Å². The first-order valence-electron chi connectivity index (χ1n) is 6.97. The van der Waals surface area contributed by atoms with Gasteiger partial charge in [0.15, 0.2) is 0 Å². The second kappa shape index (κ2) is 8.66. The maximum Gasteiger partial charge on any atom is 0.243 e. The van der Waals surface area contributed by atoms with Gasteiger partial charge in [-0.25, -0.2) is 0 Å². The number of benzene rings is 1. The number of nitrogens with zero attached hydrogens (tertiary/aromatic N) is 1. The molecule has 0 radical (unpaired) electrons. The molecule has 0 spiro atoms. The number of amides is 3. The van der Waals surface area contributed by atoms with Gasteiger partial charge in [0, 0.05) is 45.4 Å². The summed E-state index contributed by atoms with van der Waals surface area (Å²) in [6.45, 7) is 1.54. The van der Waals surface area contributed by atoms with E-state index in [0.29, 0.717) is 5.69 Å². The molecule has 0 aliphatic carbocycles. The maximum absolute atomic E-state index is 11.7. The van der Waals surface area contributed by atoms with Gasteiger partial charge in [-0.05, 0) is 24.3 Å². The maximum atomic E-state index is 11.7. The molecule has 7 heteroatoms. The zero-order chi connectivity index (χ0) is 16.5. The van der Waals surface area contributed by atoms with Crippen LogP contribution in [0.25, 0.3) is 0 Å². The Bertz CT molecular complexity index is 526. The van der Waals surface area contributed by atoms with Crippen LogP contribution in [0.2, 0.25) is 0 Å². The number of anilines is 2. The van der Waals surface area contributed by atoms with E-state index in [4.69, 9.17) is 0 Å². The van der Waals surface area contributed by atoms with Crippen molar-refractivity contribution < 1.29 is 14.4 Å². The van der Waals surface area contributed by atoms with E-state index in [9.17, 15) is 14.4 Å². The molecule has 120 valence electrons. The Hall–Kier alpha value is -2.57. The number of nitrogens with one attached hydrogen (secondary N) is 3. The van der Waals surface area contributed by atoms with Crippen molar-refractivity contribution in [2.24, 2.45) is 0 Å². The van der Waals surface area contributed by atoms with E-state index in [1.54, 1.807) is 12.1 Å². The number of hydrogen-bond acceptors (Lipinski definition) is 4. The quantitative estimate of drug-likeness (QED) is 0.677. The van der Waals surface area contributed by atoms with Crippen molar-refractivity contribution in [3.8, 4) is 0 Å². The van der Waals surface area contributed by atoms with Crippen LogP contribution in [0.15, 0.2) is 24.3 Å². The number of carbonyl (C=O) groups excluding carboxylic acids is 3. The SMILES string of the molecule is CC(=O)NCCC(=O)NCC(=O)Nc1ccc(N(C)C)cc1. The van der Waals surface area contributed by atoms with Crippen molar-refractivity contribution in [3.05, 3.63) is 24.3 Å². The molecule has 0 atom stereocenters. The highest BCUT2D eigenvalue weighted by atomic mass is 16.2. The van der Waals surface area contributed by atoms with Gasteiger partial charge in [0.2, 0.25) is 17.7 Å². The van der Waals surface area contributed by atoms with Crippen molar-refractivity contribution in [3.63, 3.8) is 0 Å². The topological polar surface area (TPSA) is 90.5 Å². The van der Waals surface area contributed by atoms with Crippen molar-refractivity contribution >= 4 is 29.1 Å². The monoisotopic (exact) mass is 306 g/mol. The normalized spacial score (nSPS) is 9.77. The van der Waals surface area contributed by atoms with E-state index < -0.39 is 0 Å². The van der Waals surface area contributed by atoms with Gasteiger partial charge in [-0.1, -0.05) is 0 Å². The molecule has 1 aromatic carbocycles. The highest BCUT2D eigenvalue weighted by molar-refractivity contribution is 5.94. The zero-order valence-corrected chi connectivity index (χ0v) is 13.1. The molecule has 7 nitrogen and oxygen atoms in total. The molecule has 0 unspecified atom stereocenters. The van der Waals surface area contributed by atoms with Crippen molar-refractivity contribution in [1.82, 2.24) is 10.6 Å². The second-order valence-corrected chi connectivity index (χ2v) is 5.00. The lowest BCUT2D eigenvalue weighted by Gasteiger charge is -2.13. The van der Waals surface area contributed by atoms with Crippen LogP contribution in [0.3, 0.4) is 0 Å². The standard InChI is InChI=1S/C15H22N4O3/c1-11(20)16-9-8-14(21)17-10-15(22)18-12-4-6-13(7-5-12)19(2)3/h4-7H,8-10H2,1-3H3,(H,16,20)(H,17,21)(H,18,22). The third-order valence-electron chi connectivity index (χ3n) is 2.84. The largest absolute Gasteiger partial charge is 0.378 e. The molecule has 0 heterocycles. The predicted octanol–water partition coefficient (Wildman–Crippen LogP) is 0.334. The Morgan fingerprint density at radius 2 is 1.64 bits per heavy atom. The Kier molecular flexibility index (Phi) is 6.88. The molecular formula is C15H22N4O3. The molecule has 3 N–H and O–H groups in total. The molecule has 22 heavy (non-hydrogen) atoms. The Morgan fingerprint density at radius 1 is 1.00 bits per heavy atom. The van der Waals surface area contributed by atoms with Gasteiger partial charge in [-0.2, -0.15) is 0 Å². The van der Waals surface area contributed by atoms with E-state index in [1.807, 2.05) is 31.1 Å². The first-order valence-corrected chi connectivity index (χ1v) is 6.97. The van der Waals surface area contributed by atoms with Gasteiger partial charge in [0.25, 0.3) is 0 Å². The molecule has 0 aliphatic heterocycles. The number of rotatable bonds is 7. The summed E-state index contributed by atoms with van der Waals surface area (Å²) < 4.78 is 0. The highest BCUT2D eigenvalue weighted by Gasteiger charge is 2.06. The van der Waals surface area contributed by atoms with E-state index >= 15 is 0 Å².